The third-order valence-electron chi connectivity index (χ3n) is 4.93. The van der Waals surface area contributed by atoms with Gasteiger partial charge in [0.05, 0.1) is 5.30 Å². The van der Waals surface area contributed by atoms with Gasteiger partial charge in [-0.05, 0) is 29.8 Å². The minimum atomic E-state index is -3.33. The van der Waals surface area contributed by atoms with Gasteiger partial charge in [0, 0.05) is 16.2 Å². The Balaban J connectivity index is 2.11. The quantitative estimate of drug-likeness (QED) is 0.418. The lowest BCUT2D eigenvalue weighted by molar-refractivity contribution is 0.101. The zero-order valence-electron chi connectivity index (χ0n) is 15.4. The highest BCUT2D eigenvalue weighted by Crippen LogP contribution is 2.47. The SMILES string of the molecule is CC(=O)c1ccc2c(P(=O)(c3ccccc3)c3ccccc3)c(O)ccc2c1. The lowest BCUT2D eigenvalue weighted by atomic mass is 10.0. The van der Waals surface area contributed by atoms with Crippen LogP contribution in [0.3, 0.4) is 0 Å². The molecule has 4 rings (SSSR count). The second kappa shape index (κ2) is 7.10. The van der Waals surface area contributed by atoms with Crippen LogP contribution in [0.5, 0.6) is 5.75 Å². The van der Waals surface area contributed by atoms with Crippen molar-refractivity contribution < 1.29 is 14.5 Å². The Morgan fingerprint density at radius 1 is 0.786 bits per heavy atom. The second-order valence-electron chi connectivity index (χ2n) is 6.71. The first-order valence-electron chi connectivity index (χ1n) is 9.00. The first-order valence-corrected chi connectivity index (χ1v) is 10.7. The van der Waals surface area contributed by atoms with E-state index in [1.165, 1.54) is 6.92 Å². The summed E-state index contributed by atoms with van der Waals surface area (Å²) >= 11 is 0. The Bertz CT molecular complexity index is 1170. The lowest BCUT2D eigenvalue weighted by Gasteiger charge is -2.22. The molecule has 28 heavy (non-hydrogen) atoms. The van der Waals surface area contributed by atoms with E-state index in [2.05, 4.69) is 0 Å². The van der Waals surface area contributed by atoms with E-state index in [9.17, 15) is 14.5 Å². The van der Waals surface area contributed by atoms with Gasteiger partial charge in [0.2, 0.25) is 0 Å². The molecule has 0 unspecified atom stereocenters. The van der Waals surface area contributed by atoms with Crippen molar-refractivity contribution in [3.63, 3.8) is 0 Å². The fourth-order valence-electron chi connectivity index (χ4n) is 3.53. The summed E-state index contributed by atoms with van der Waals surface area (Å²) in [6.45, 7) is 1.52. The van der Waals surface area contributed by atoms with Crippen molar-refractivity contribution in [1.29, 1.82) is 0 Å². The average Bonchev–Trinajstić information content (AvgIpc) is 2.74. The molecule has 0 aliphatic carbocycles. The van der Waals surface area contributed by atoms with E-state index < -0.39 is 7.14 Å². The smallest absolute Gasteiger partial charge is 0.175 e. The third kappa shape index (κ3) is 2.94. The highest BCUT2D eigenvalue weighted by Gasteiger charge is 2.34. The van der Waals surface area contributed by atoms with Crippen LogP contribution in [0.4, 0.5) is 0 Å². The van der Waals surface area contributed by atoms with Gasteiger partial charge >= 0.3 is 0 Å². The predicted molar refractivity (Wildman–Crippen MR) is 115 cm³/mol. The fourth-order valence-corrected chi connectivity index (χ4v) is 6.47. The molecule has 0 saturated heterocycles. The molecule has 138 valence electrons. The monoisotopic (exact) mass is 386 g/mol. The summed E-state index contributed by atoms with van der Waals surface area (Å²) in [7, 11) is -3.33. The Morgan fingerprint density at radius 2 is 1.36 bits per heavy atom. The van der Waals surface area contributed by atoms with Gasteiger partial charge in [0.15, 0.2) is 12.9 Å². The van der Waals surface area contributed by atoms with Crippen LogP contribution in [0.1, 0.15) is 17.3 Å². The molecule has 0 saturated carbocycles. The van der Waals surface area contributed by atoms with Crippen molar-refractivity contribution in [3.8, 4) is 5.75 Å². The molecule has 4 heteroatoms. The van der Waals surface area contributed by atoms with Gasteiger partial charge < -0.3 is 9.67 Å². The number of Topliss-reactive ketones (excluding diaryl/α,β-unsaturated/α-hetero) is 1. The van der Waals surface area contributed by atoms with Gasteiger partial charge in [0.1, 0.15) is 5.75 Å². The zero-order valence-corrected chi connectivity index (χ0v) is 16.3. The predicted octanol–water partition coefficient (Wildman–Crippen LogP) is 4.39. The largest absolute Gasteiger partial charge is 0.507 e. The van der Waals surface area contributed by atoms with Gasteiger partial charge in [-0.3, -0.25) is 4.79 Å². The van der Waals surface area contributed by atoms with Gasteiger partial charge in [-0.15, -0.1) is 0 Å². The van der Waals surface area contributed by atoms with Crippen LogP contribution < -0.4 is 15.9 Å². The first kappa shape index (κ1) is 18.2. The Labute approximate surface area is 163 Å². The van der Waals surface area contributed by atoms with Crippen molar-refractivity contribution in [2.45, 2.75) is 6.92 Å². The number of carbonyl (C=O) groups is 1. The Hall–Kier alpha value is -3.16. The van der Waals surface area contributed by atoms with Crippen LogP contribution in [-0.4, -0.2) is 10.9 Å². The highest BCUT2D eigenvalue weighted by atomic mass is 31.2. The van der Waals surface area contributed by atoms with Crippen LogP contribution in [0.15, 0.2) is 91.0 Å². The molecule has 0 bridgehead atoms. The van der Waals surface area contributed by atoms with Crippen molar-refractivity contribution in [1.82, 2.24) is 0 Å². The second-order valence-corrected chi connectivity index (χ2v) is 9.40. The molecule has 0 spiro atoms. The van der Waals surface area contributed by atoms with Crippen molar-refractivity contribution >= 4 is 39.6 Å². The standard InChI is InChI=1S/C24H19O3P/c1-17(25)18-12-14-22-19(16-18)13-15-23(26)24(22)28(27,20-8-4-2-5-9-20)21-10-6-3-7-11-21/h2-16,26H,1H3. The topological polar surface area (TPSA) is 54.4 Å². The highest BCUT2D eigenvalue weighted by molar-refractivity contribution is 7.85. The maximum absolute atomic E-state index is 14.6. The summed E-state index contributed by atoms with van der Waals surface area (Å²) in [5.74, 6) is -0.0510. The van der Waals surface area contributed by atoms with Crippen molar-refractivity contribution in [3.05, 3.63) is 96.6 Å². The number of hydrogen-bond donors (Lipinski definition) is 1. The van der Waals surface area contributed by atoms with E-state index in [-0.39, 0.29) is 11.5 Å². The number of ketones is 1. The molecule has 0 radical (unpaired) electrons. The van der Waals surface area contributed by atoms with Crippen LogP contribution >= 0.6 is 7.14 Å². The van der Waals surface area contributed by atoms with E-state index in [1.54, 1.807) is 30.3 Å². The Kier molecular flexibility index (Phi) is 4.62. The van der Waals surface area contributed by atoms with Crippen molar-refractivity contribution in [2.75, 3.05) is 0 Å². The third-order valence-corrected chi connectivity index (χ3v) is 8.08. The number of benzene rings is 4. The summed E-state index contributed by atoms with van der Waals surface area (Å²) in [6, 6.07) is 27.0. The average molecular weight is 386 g/mol. The molecule has 0 atom stereocenters. The normalized spacial score (nSPS) is 11.5. The summed E-state index contributed by atoms with van der Waals surface area (Å²) in [5, 5.41) is 14.0. The van der Waals surface area contributed by atoms with Crippen molar-refractivity contribution in [2.24, 2.45) is 0 Å². The van der Waals surface area contributed by atoms with Gasteiger partial charge in [-0.25, -0.2) is 0 Å². The summed E-state index contributed by atoms with van der Waals surface area (Å²) in [5.41, 5.74) is 0.582. The van der Waals surface area contributed by atoms with E-state index >= 15 is 0 Å². The maximum Gasteiger partial charge on any atom is 0.175 e. The van der Waals surface area contributed by atoms with E-state index in [0.29, 0.717) is 26.9 Å². The maximum atomic E-state index is 14.6. The molecule has 4 aromatic carbocycles. The van der Waals surface area contributed by atoms with E-state index in [1.807, 2.05) is 60.7 Å². The minimum absolute atomic E-state index is 0.0147. The Morgan fingerprint density at radius 3 is 1.89 bits per heavy atom. The summed E-state index contributed by atoms with van der Waals surface area (Å²) < 4.78 is 14.6. The van der Waals surface area contributed by atoms with Gasteiger partial charge in [-0.2, -0.15) is 0 Å². The number of rotatable bonds is 4. The molecule has 0 aliphatic heterocycles. The number of phenolic OH excluding ortho intramolecular Hbond substituents is 1. The summed E-state index contributed by atoms with van der Waals surface area (Å²) in [4.78, 5) is 11.8. The molecule has 4 aromatic rings. The van der Waals surface area contributed by atoms with E-state index in [0.717, 1.165) is 5.39 Å². The van der Waals surface area contributed by atoms with Crippen LogP contribution in [-0.2, 0) is 4.57 Å². The van der Waals surface area contributed by atoms with Gasteiger partial charge in [-0.1, -0.05) is 78.9 Å². The number of carbonyl (C=O) groups excluding carboxylic acids is 1. The molecule has 0 fully saturated rings. The molecule has 0 amide bonds. The minimum Gasteiger partial charge on any atom is -0.507 e. The number of hydrogen-bond acceptors (Lipinski definition) is 3. The molecular formula is C24H19O3P. The van der Waals surface area contributed by atoms with Gasteiger partial charge in [0.25, 0.3) is 0 Å². The number of fused-ring (bicyclic) bond motifs is 1. The fraction of sp³-hybridized carbons (Fsp3) is 0.0417. The van der Waals surface area contributed by atoms with Crippen LogP contribution in [0, 0.1) is 0 Å². The van der Waals surface area contributed by atoms with Crippen LogP contribution in [0.25, 0.3) is 10.8 Å². The molecular weight excluding hydrogens is 367 g/mol. The summed E-state index contributed by atoms with van der Waals surface area (Å²) in [6.07, 6.45) is 0. The molecule has 1 N–H and O–H groups in total. The first-order chi connectivity index (χ1) is 13.5. The molecule has 0 aliphatic rings. The molecule has 0 aromatic heterocycles. The molecule has 0 heterocycles. The number of phenols is 1. The van der Waals surface area contributed by atoms with E-state index in [4.69, 9.17) is 0 Å². The molecule has 3 nitrogen and oxygen atoms in total. The number of aromatic hydroxyl groups is 1. The lowest BCUT2D eigenvalue weighted by Crippen LogP contribution is -2.25. The van der Waals surface area contributed by atoms with Crippen LogP contribution in [0.2, 0.25) is 0 Å². The zero-order chi connectivity index (χ0) is 19.7.